The van der Waals surface area contributed by atoms with Crippen LogP contribution in [0.3, 0.4) is 0 Å². The molecule has 1 heterocycles. The lowest BCUT2D eigenvalue weighted by Crippen LogP contribution is -2.48. The SMILES string of the molecule is COc1c(F)cc(F)cc1-c1ccc(OC2O[C@H](CO)C[C@H](C)[C@@H]2O)c(C)c1. The Hall–Kier alpha value is -2.22. The monoisotopic (exact) mass is 394 g/mol. The van der Waals surface area contributed by atoms with Gasteiger partial charge < -0.3 is 24.4 Å². The third-order valence-corrected chi connectivity index (χ3v) is 4.97. The highest BCUT2D eigenvalue weighted by Gasteiger charge is 2.36. The smallest absolute Gasteiger partial charge is 0.226 e. The van der Waals surface area contributed by atoms with Gasteiger partial charge in [0.05, 0.1) is 19.8 Å². The normalized spacial score (nSPS) is 24.8. The standard InChI is InChI=1S/C21H24F2O5/c1-11-6-13(16-8-14(22)9-17(23)20(16)26-3)4-5-18(11)28-21-19(25)12(2)7-15(10-24)27-21/h4-6,8-9,12,15,19,21,24-25H,7,10H2,1-3H3/t12-,15-,19-,21?/m0/s1. The Balaban J connectivity index is 1.87. The second kappa shape index (κ2) is 8.43. The van der Waals surface area contributed by atoms with Gasteiger partial charge in [0, 0.05) is 11.6 Å². The van der Waals surface area contributed by atoms with Crippen LogP contribution in [0.15, 0.2) is 30.3 Å². The van der Waals surface area contributed by atoms with Crippen molar-refractivity contribution in [3.05, 3.63) is 47.5 Å². The number of methoxy groups -OCH3 is 1. The molecule has 2 aromatic rings. The van der Waals surface area contributed by atoms with Crippen LogP contribution in [0.5, 0.6) is 11.5 Å². The van der Waals surface area contributed by atoms with Crippen molar-refractivity contribution >= 4 is 0 Å². The molecule has 1 fully saturated rings. The Morgan fingerprint density at radius 2 is 1.96 bits per heavy atom. The summed E-state index contributed by atoms with van der Waals surface area (Å²) in [5.74, 6) is -1.14. The molecule has 1 saturated heterocycles. The molecule has 0 saturated carbocycles. The molecule has 4 atom stereocenters. The van der Waals surface area contributed by atoms with E-state index in [1.54, 1.807) is 25.1 Å². The van der Waals surface area contributed by atoms with E-state index in [4.69, 9.17) is 14.2 Å². The van der Waals surface area contributed by atoms with Gasteiger partial charge in [-0.2, -0.15) is 0 Å². The van der Waals surface area contributed by atoms with Crippen LogP contribution in [0.1, 0.15) is 18.9 Å². The fraction of sp³-hybridized carbons (Fsp3) is 0.429. The average molecular weight is 394 g/mol. The van der Waals surface area contributed by atoms with Gasteiger partial charge in [0.2, 0.25) is 6.29 Å². The Morgan fingerprint density at radius 3 is 2.61 bits per heavy atom. The molecule has 152 valence electrons. The van der Waals surface area contributed by atoms with E-state index in [2.05, 4.69) is 0 Å². The Morgan fingerprint density at radius 1 is 1.21 bits per heavy atom. The van der Waals surface area contributed by atoms with Crippen molar-refractivity contribution in [2.24, 2.45) is 5.92 Å². The number of benzene rings is 2. The van der Waals surface area contributed by atoms with Crippen LogP contribution in [-0.4, -0.2) is 42.4 Å². The van der Waals surface area contributed by atoms with Gasteiger partial charge in [0.1, 0.15) is 17.7 Å². The van der Waals surface area contributed by atoms with E-state index in [0.717, 1.165) is 6.07 Å². The van der Waals surface area contributed by atoms with Crippen molar-refractivity contribution in [2.75, 3.05) is 13.7 Å². The summed E-state index contributed by atoms with van der Waals surface area (Å²) in [7, 11) is 1.32. The zero-order valence-electron chi connectivity index (χ0n) is 16.0. The van der Waals surface area contributed by atoms with E-state index in [0.29, 0.717) is 23.3 Å². The van der Waals surface area contributed by atoms with Gasteiger partial charge in [-0.05, 0) is 48.6 Å². The number of hydrogen-bond donors (Lipinski definition) is 2. The summed E-state index contributed by atoms with van der Waals surface area (Å²) in [5.41, 5.74) is 1.54. The number of ether oxygens (including phenoxy) is 3. The minimum atomic E-state index is -0.911. The van der Waals surface area contributed by atoms with Gasteiger partial charge in [-0.15, -0.1) is 0 Å². The molecule has 3 rings (SSSR count). The maximum Gasteiger partial charge on any atom is 0.226 e. The van der Waals surface area contributed by atoms with Gasteiger partial charge in [-0.1, -0.05) is 13.0 Å². The molecule has 0 radical (unpaired) electrons. The summed E-state index contributed by atoms with van der Waals surface area (Å²) in [6, 6.07) is 7.00. The third-order valence-electron chi connectivity index (χ3n) is 4.97. The molecular weight excluding hydrogens is 370 g/mol. The summed E-state index contributed by atoms with van der Waals surface area (Å²) < 4.78 is 44.2. The fourth-order valence-corrected chi connectivity index (χ4v) is 3.42. The first-order valence-electron chi connectivity index (χ1n) is 9.09. The van der Waals surface area contributed by atoms with E-state index in [-0.39, 0.29) is 23.8 Å². The van der Waals surface area contributed by atoms with Crippen molar-refractivity contribution in [2.45, 2.75) is 38.8 Å². The number of aryl methyl sites for hydroxylation is 1. The summed E-state index contributed by atoms with van der Waals surface area (Å²) in [4.78, 5) is 0. The highest BCUT2D eigenvalue weighted by Crippen LogP contribution is 2.36. The van der Waals surface area contributed by atoms with Crippen LogP contribution in [0.2, 0.25) is 0 Å². The van der Waals surface area contributed by atoms with Crippen molar-refractivity contribution < 1.29 is 33.2 Å². The van der Waals surface area contributed by atoms with E-state index in [9.17, 15) is 19.0 Å². The van der Waals surface area contributed by atoms with Crippen LogP contribution in [0, 0.1) is 24.5 Å². The lowest BCUT2D eigenvalue weighted by Gasteiger charge is -2.37. The number of aliphatic hydroxyl groups excluding tert-OH is 2. The maximum absolute atomic E-state index is 14.0. The third kappa shape index (κ3) is 4.11. The molecule has 2 N–H and O–H groups in total. The number of rotatable bonds is 5. The van der Waals surface area contributed by atoms with Crippen molar-refractivity contribution in [3.8, 4) is 22.6 Å². The molecule has 1 unspecified atom stereocenters. The van der Waals surface area contributed by atoms with Crippen molar-refractivity contribution in [3.63, 3.8) is 0 Å². The Bertz CT molecular complexity index is 842. The lowest BCUT2D eigenvalue weighted by molar-refractivity contribution is -0.225. The summed E-state index contributed by atoms with van der Waals surface area (Å²) in [6.45, 7) is 3.50. The quantitative estimate of drug-likeness (QED) is 0.813. The average Bonchev–Trinajstić information content (AvgIpc) is 2.66. The molecule has 0 spiro atoms. The van der Waals surface area contributed by atoms with Crippen molar-refractivity contribution in [1.82, 2.24) is 0 Å². The van der Waals surface area contributed by atoms with Crippen LogP contribution in [0.4, 0.5) is 8.78 Å². The summed E-state index contributed by atoms with van der Waals surface area (Å²) in [6.07, 6.45) is -1.60. The lowest BCUT2D eigenvalue weighted by atomic mass is 9.94. The fourth-order valence-electron chi connectivity index (χ4n) is 3.42. The second-order valence-corrected chi connectivity index (χ2v) is 7.08. The molecule has 28 heavy (non-hydrogen) atoms. The molecule has 5 nitrogen and oxygen atoms in total. The molecule has 2 aromatic carbocycles. The molecule has 1 aliphatic heterocycles. The second-order valence-electron chi connectivity index (χ2n) is 7.08. The van der Waals surface area contributed by atoms with Crippen LogP contribution in [0.25, 0.3) is 11.1 Å². The van der Waals surface area contributed by atoms with E-state index >= 15 is 0 Å². The molecular formula is C21H24F2O5. The molecule has 0 aromatic heterocycles. The molecule has 0 aliphatic carbocycles. The first-order valence-corrected chi connectivity index (χ1v) is 9.09. The largest absolute Gasteiger partial charge is 0.493 e. The Labute approximate surface area is 162 Å². The van der Waals surface area contributed by atoms with Gasteiger partial charge in [-0.25, -0.2) is 8.78 Å². The van der Waals surface area contributed by atoms with Crippen LogP contribution >= 0.6 is 0 Å². The van der Waals surface area contributed by atoms with Gasteiger partial charge in [0.15, 0.2) is 11.6 Å². The number of aliphatic hydroxyl groups is 2. The van der Waals surface area contributed by atoms with E-state index in [1.165, 1.54) is 13.2 Å². The maximum atomic E-state index is 14.0. The Kier molecular flexibility index (Phi) is 6.17. The van der Waals surface area contributed by atoms with Crippen LogP contribution < -0.4 is 9.47 Å². The zero-order chi connectivity index (χ0) is 20.4. The first kappa shape index (κ1) is 20.5. The van der Waals surface area contributed by atoms with Crippen molar-refractivity contribution in [1.29, 1.82) is 0 Å². The highest BCUT2D eigenvalue weighted by molar-refractivity contribution is 5.72. The van der Waals surface area contributed by atoms with E-state index in [1.807, 2.05) is 6.92 Å². The molecule has 7 heteroatoms. The van der Waals surface area contributed by atoms with Gasteiger partial charge in [0.25, 0.3) is 0 Å². The first-order chi connectivity index (χ1) is 13.3. The van der Waals surface area contributed by atoms with E-state index < -0.39 is 30.1 Å². The topological polar surface area (TPSA) is 68.2 Å². The predicted octanol–water partition coefficient (Wildman–Crippen LogP) is 3.43. The number of halogens is 2. The zero-order valence-corrected chi connectivity index (χ0v) is 16.0. The minimum absolute atomic E-state index is 0.0416. The van der Waals surface area contributed by atoms with Gasteiger partial charge in [-0.3, -0.25) is 0 Å². The molecule has 1 aliphatic rings. The van der Waals surface area contributed by atoms with Crippen LogP contribution in [-0.2, 0) is 4.74 Å². The summed E-state index contributed by atoms with van der Waals surface area (Å²) >= 11 is 0. The predicted molar refractivity (Wildman–Crippen MR) is 99.2 cm³/mol. The van der Waals surface area contributed by atoms with Gasteiger partial charge >= 0.3 is 0 Å². The molecule has 0 amide bonds. The summed E-state index contributed by atoms with van der Waals surface area (Å²) in [5, 5.41) is 19.7. The highest BCUT2D eigenvalue weighted by atomic mass is 19.1. The number of hydrogen-bond acceptors (Lipinski definition) is 5. The minimum Gasteiger partial charge on any atom is -0.493 e. The molecule has 0 bridgehead atoms.